The molecule has 0 radical (unpaired) electrons. The molecule has 2 N–H and O–H groups in total. The maximum Gasteiger partial charge on any atom is 0.328 e. The molecule has 1 heterocycles. The largest absolute Gasteiger partial charge is 0.328 e. The predicted octanol–water partition coefficient (Wildman–Crippen LogP) is 1.61. The molecule has 1 aromatic carbocycles. The number of aromatic amines is 1. The van der Waals surface area contributed by atoms with Crippen LogP contribution in [0.2, 0.25) is 0 Å². The number of nitrogens with one attached hydrogen (secondary N) is 2. The number of pyridine rings is 1. The first kappa shape index (κ1) is 11.6. The van der Waals surface area contributed by atoms with E-state index in [0.717, 1.165) is 5.56 Å². The van der Waals surface area contributed by atoms with Gasteiger partial charge in [0, 0.05) is 6.07 Å². The minimum Gasteiger partial charge on any atom is -0.247 e. The molecule has 4 nitrogen and oxygen atoms in total. The van der Waals surface area contributed by atoms with Crippen LogP contribution in [0.15, 0.2) is 53.6 Å². The van der Waals surface area contributed by atoms with Crippen LogP contribution in [0.1, 0.15) is 5.56 Å². The van der Waals surface area contributed by atoms with Crippen molar-refractivity contribution in [1.82, 2.24) is 0 Å². The highest BCUT2D eigenvalue weighted by atomic mass is 32.2. The minimum absolute atomic E-state index is 0.244. The summed E-state index contributed by atoms with van der Waals surface area (Å²) < 4.78 is 26.4. The quantitative estimate of drug-likeness (QED) is 0.898. The van der Waals surface area contributed by atoms with Gasteiger partial charge in [-0.15, -0.1) is 0 Å². The fraction of sp³-hybridized carbons (Fsp3) is 0.0833. The summed E-state index contributed by atoms with van der Waals surface area (Å²) in [6.07, 6.45) is 1.74. The first-order valence-electron chi connectivity index (χ1n) is 5.14. The van der Waals surface area contributed by atoms with Crippen LogP contribution in [0.4, 0.5) is 5.82 Å². The maximum atomic E-state index is 12.0. The Balaban J connectivity index is 2.27. The zero-order chi connectivity index (χ0) is 12.3. The van der Waals surface area contributed by atoms with E-state index in [9.17, 15) is 8.42 Å². The highest BCUT2D eigenvalue weighted by Crippen LogP contribution is 2.11. The predicted molar refractivity (Wildman–Crippen MR) is 65.0 cm³/mol. The van der Waals surface area contributed by atoms with Gasteiger partial charge in [-0.2, -0.15) is 13.1 Å². The first-order valence-corrected chi connectivity index (χ1v) is 6.62. The van der Waals surface area contributed by atoms with Crippen molar-refractivity contribution in [2.45, 2.75) is 11.8 Å². The van der Waals surface area contributed by atoms with Gasteiger partial charge in [-0.05, 0) is 30.7 Å². The Labute approximate surface area is 100 Å². The fourth-order valence-corrected chi connectivity index (χ4v) is 2.42. The number of benzene rings is 1. The Bertz CT molecular complexity index is 592. The van der Waals surface area contributed by atoms with Crippen molar-refractivity contribution >= 4 is 15.8 Å². The lowest BCUT2D eigenvalue weighted by Gasteiger charge is -2.01. The van der Waals surface area contributed by atoms with Crippen LogP contribution in [-0.2, 0) is 10.0 Å². The van der Waals surface area contributed by atoms with Gasteiger partial charge in [0.25, 0.3) is 5.82 Å². The molecule has 0 spiro atoms. The third-order valence-corrected chi connectivity index (χ3v) is 3.65. The van der Waals surface area contributed by atoms with Gasteiger partial charge in [0.15, 0.2) is 0 Å². The van der Waals surface area contributed by atoms with E-state index in [1.54, 1.807) is 42.6 Å². The second kappa shape index (κ2) is 4.55. The van der Waals surface area contributed by atoms with Gasteiger partial charge in [0.05, 0.1) is 6.20 Å². The highest BCUT2D eigenvalue weighted by molar-refractivity contribution is 7.92. The Kier molecular flexibility index (Phi) is 3.10. The van der Waals surface area contributed by atoms with Crippen molar-refractivity contribution in [2.24, 2.45) is 0 Å². The molecule has 1 aromatic heterocycles. The summed E-state index contributed by atoms with van der Waals surface area (Å²) in [5.41, 5.74) is 1.03. The summed E-state index contributed by atoms with van der Waals surface area (Å²) >= 11 is 0. The number of hydrogen-bond acceptors (Lipinski definition) is 2. The number of sulfonamides is 1. The molecule has 17 heavy (non-hydrogen) atoms. The van der Waals surface area contributed by atoms with E-state index < -0.39 is 10.0 Å². The maximum absolute atomic E-state index is 12.0. The van der Waals surface area contributed by atoms with Gasteiger partial charge in [0.2, 0.25) is 0 Å². The monoisotopic (exact) mass is 249 g/mol. The third kappa shape index (κ3) is 2.82. The van der Waals surface area contributed by atoms with Crippen LogP contribution in [0.25, 0.3) is 0 Å². The molecule has 2 rings (SSSR count). The van der Waals surface area contributed by atoms with Crippen molar-refractivity contribution in [2.75, 3.05) is 4.72 Å². The second-order valence-corrected chi connectivity index (χ2v) is 5.38. The topological polar surface area (TPSA) is 60.3 Å². The Hall–Kier alpha value is -1.88. The lowest BCUT2D eigenvalue weighted by atomic mass is 10.3. The molecule has 0 amide bonds. The van der Waals surface area contributed by atoms with Crippen molar-refractivity contribution in [3.63, 3.8) is 0 Å². The number of anilines is 1. The molecule has 0 saturated carbocycles. The van der Waals surface area contributed by atoms with Crippen LogP contribution in [0, 0.1) is 6.92 Å². The number of rotatable bonds is 3. The number of aryl methyl sites for hydroxylation is 1. The number of hydrogen-bond donors (Lipinski definition) is 1. The lowest BCUT2D eigenvalue weighted by Crippen LogP contribution is -2.19. The molecule has 0 aliphatic rings. The van der Waals surface area contributed by atoms with Crippen LogP contribution < -0.4 is 9.71 Å². The van der Waals surface area contributed by atoms with Crippen molar-refractivity contribution in [1.29, 1.82) is 0 Å². The zero-order valence-corrected chi connectivity index (χ0v) is 10.2. The molecule has 0 atom stereocenters. The SMILES string of the molecule is Cc1ccc(NS(=O)(=O)c2ccccc2)[nH+]c1. The van der Waals surface area contributed by atoms with Gasteiger partial charge in [-0.1, -0.05) is 18.2 Å². The van der Waals surface area contributed by atoms with Gasteiger partial charge in [-0.3, -0.25) is 0 Å². The first-order chi connectivity index (χ1) is 8.08. The third-order valence-electron chi connectivity index (χ3n) is 2.27. The van der Waals surface area contributed by atoms with Crippen LogP contribution in [0.3, 0.4) is 0 Å². The van der Waals surface area contributed by atoms with E-state index in [1.807, 2.05) is 13.0 Å². The van der Waals surface area contributed by atoms with Crippen molar-refractivity contribution in [3.05, 3.63) is 54.2 Å². The molecule has 5 heteroatoms. The highest BCUT2D eigenvalue weighted by Gasteiger charge is 2.19. The number of H-pyrrole nitrogens is 1. The van der Waals surface area contributed by atoms with E-state index in [2.05, 4.69) is 9.71 Å². The van der Waals surface area contributed by atoms with E-state index in [-0.39, 0.29) is 4.90 Å². The molecule has 0 aliphatic heterocycles. The summed E-state index contributed by atoms with van der Waals surface area (Å²) in [4.78, 5) is 3.12. The number of aromatic nitrogens is 1. The average molecular weight is 249 g/mol. The van der Waals surface area contributed by atoms with E-state index in [0.29, 0.717) is 5.82 Å². The van der Waals surface area contributed by atoms with E-state index in [4.69, 9.17) is 0 Å². The summed E-state index contributed by atoms with van der Waals surface area (Å²) in [5, 5.41) is 0. The summed E-state index contributed by atoms with van der Waals surface area (Å²) in [6, 6.07) is 11.8. The lowest BCUT2D eigenvalue weighted by molar-refractivity contribution is -0.360. The smallest absolute Gasteiger partial charge is 0.247 e. The molecule has 2 aromatic rings. The van der Waals surface area contributed by atoms with Crippen LogP contribution in [0.5, 0.6) is 0 Å². The molecule has 0 bridgehead atoms. The Morgan fingerprint density at radius 1 is 1.06 bits per heavy atom. The zero-order valence-electron chi connectivity index (χ0n) is 9.34. The van der Waals surface area contributed by atoms with E-state index >= 15 is 0 Å². The normalized spacial score (nSPS) is 11.1. The van der Waals surface area contributed by atoms with Gasteiger partial charge in [0.1, 0.15) is 4.90 Å². The van der Waals surface area contributed by atoms with Gasteiger partial charge < -0.3 is 0 Å². The molecular weight excluding hydrogens is 236 g/mol. The minimum atomic E-state index is -3.51. The van der Waals surface area contributed by atoms with Crippen molar-refractivity contribution < 1.29 is 13.4 Å². The molecule has 0 aliphatic carbocycles. The van der Waals surface area contributed by atoms with Gasteiger partial charge in [-0.25, -0.2) is 4.98 Å². The second-order valence-electron chi connectivity index (χ2n) is 3.70. The van der Waals surface area contributed by atoms with E-state index in [1.165, 1.54) is 0 Å². The van der Waals surface area contributed by atoms with Crippen LogP contribution >= 0.6 is 0 Å². The van der Waals surface area contributed by atoms with Crippen LogP contribution in [-0.4, -0.2) is 8.42 Å². The molecular formula is C12H13N2O2S+. The summed E-state index contributed by atoms with van der Waals surface area (Å²) in [7, 11) is -3.51. The Morgan fingerprint density at radius 2 is 1.76 bits per heavy atom. The average Bonchev–Trinajstić information content (AvgIpc) is 2.33. The van der Waals surface area contributed by atoms with Crippen molar-refractivity contribution in [3.8, 4) is 0 Å². The van der Waals surface area contributed by atoms with Gasteiger partial charge >= 0.3 is 10.0 Å². The Morgan fingerprint density at radius 3 is 2.35 bits per heavy atom. The molecule has 0 fully saturated rings. The molecule has 0 unspecified atom stereocenters. The molecule has 0 saturated heterocycles. The standard InChI is InChI=1S/C12H12N2O2S/c1-10-7-8-12(13-9-10)14-17(15,16)11-5-3-2-4-6-11/h2-9H,1H3,(H,13,14)/p+1. The summed E-state index contributed by atoms with van der Waals surface area (Å²) in [6.45, 7) is 1.92. The fourth-order valence-electron chi connectivity index (χ4n) is 1.37. The summed E-state index contributed by atoms with van der Waals surface area (Å²) in [5.74, 6) is 0.444. The molecule has 88 valence electrons.